The maximum atomic E-state index is 10.9. The molecule has 7 nitrogen and oxygen atoms in total. The van der Waals surface area contributed by atoms with Crippen LogP contribution < -0.4 is 0 Å². The summed E-state index contributed by atoms with van der Waals surface area (Å²) in [6.45, 7) is 0. The lowest BCUT2D eigenvalue weighted by atomic mass is 10.0. The van der Waals surface area contributed by atoms with Crippen LogP contribution in [0.1, 0.15) is 11.1 Å². The minimum Gasteiger partial charge on any atom is -0.309 e. The predicted octanol–water partition coefficient (Wildman–Crippen LogP) is 10.8. The van der Waals surface area contributed by atoms with Gasteiger partial charge in [-0.15, -0.1) is 0 Å². The van der Waals surface area contributed by atoms with Gasteiger partial charge in [0.15, 0.2) is 17.5 Å². The second kappa shape index (κ2) is 12.4. The fourth-order valence-corrected chi connectivity index (χ4v) is 7.68. The number of nitriles is 2. The van der Waals surface area contributed by atoms with E-state index >= 15 is 0 Å². The van der Waals surface area contributed by atoms with Gasteiger partial charge in [-0.05, 0) is 42.5 Å². The molecule has 3 aromatic heterocycles. The van der Waals surface area contributed by atoms with Crippen LogP contribution in [0.25, 0.3) is 89.2 Å². The molecule has 7 aromatic carbocycles. The second-order valence-corrected chi connectivity index (χ2v) is 13.1. The number of nitrogens with zero attached hydrogens (tertiary/aromatic N) is 7. The number of aromatic nitrogens is 5. The third-order valence-electron chi connectivity index (χ3n) is 10.0. The molecule has 0 saturated carbocycles. The number of hydrogen-bond donors (Lipinski definition) is 0. The van der Waals surface area contributed by atoms with Crippen LogP contribution in [0.3, 0.4) is 0 Å². The molecule has 7 heteroatoms. The van der Waals surface area contributed by atoms with Gasteiger partial charge in [0.25, 0.3) is 0 Å². The lowest BCUT2D eigenvalue weighted by Crippen LogP contribution is -2.04. The molecule has 0 radical (unpaired) electrons. The van der Waals surface area contributed by atoms with Crippen molar-refractivity contribution in [3.8, 4) is 57.7 Å². The van der Waals surface area contributed by atoms with Crippen molar-refractivity contribution in [2.75, 3.05) is 0 Å². The Morgan fingerprint density at radius 1 is 0.426 bits per heavy atom. The molecule has 0 aliphatic heterocycles. The van der Waals surface area contributed by atoms with Crippen molar-refractivity contribution in [1.29, 1.82) is 10.5 Å². The summed E-state index contributed by atoms with van der Waals surface area (Å²) in [5, 5.41) is 25.9. The maximum absolute atomic E-state index is 10.9. The Hall–Kier alpha value is -7.87. The van der Waals surface area contributed by atoms with Crippen molar-refractivity contribution in [1.82, 2.24) is 24.1 Å². The third-order valence-corrected chi connectivity index (χ3v) is 10.0. The Labute approximate surface area is 309 Å². The number of hydrogen-bond acceptors (Lipinski definition) is 5. The number of benzene rings is 7. The largest absolute Gasteiger partial charge is 0.309 e. The molecule has 10 rings (SSSR count). The summed E-state index contributed by atoms with van der Waals surface area (Å²) in [6.07, 6.45) is 0. The highest BCUT2D eigenvalue weighted by atomic mass is 15.0. The zero-order valence-electron chi connectivity index (χ0n) is 28.7. The molecule has 54 heavy (non-hydrogen) atoms. The van der Waals surface area contributed by atoms with Crippen molar-refractivity contribution in [2.45, 2.75) is 0 Å². The Kier molecular flexibility index (Phi) is 7.11. The minimum absolute atomic E-state index is 0.317. The van der Waals surface area contributed by atoms with Crippen molar-refractivity contribution >= 4 is 43.6 Å². The van der Waals surface area contributed by atoms with E-state index in [0.29, 0.717) is 39.9 Å². The average Bonchev–Trinajstić information content (AvgIpc) is 3.77. The molecule has 250 valence electrons. The van der Waals surface area contributed by atoms with E-state index in [1.807, 2.05) is 97.1 Å². The highest BCUT2D eigenvalue weighted by Gasteiger charge is 2.24. The van der Waals surface area contributed by atoms with E-state index in [1.54, 1.807) is 6.07 Å². The number of rotatable bonds is 5. The lowest BCUT2D eigenvalue weighted by molar-refractivity contribution is 1.07. The molecule has 0 atom stereocenters. The summed E-state index contributed by atoms with van der Waals surface area (Å²) in [5.41, 5.74) is 8.51. The first-order valence-corrected chi connectivity index (χ1v) is 17.6. The van der Waals surface area contributed by atoms with Crippen molar-refractivity contribution in [2.24, 2.45) is 0 Å². The Balaban J connectivity index is 1.28. The molecule has 3 heterocycles. The maximum Gasteiger partial charge on any atom is 0.165 e. The Morgan fingerprint density at radius 2 is 0.963 bits per heavy atom. The van der Waals surface area contributed by atoms with Crippen LogP contribution in [0.2, 0.25) is 0 Å². The van der Waals surface area contributed by atoms with Gasteiger partial charge in [-0.2, -0.15) is 10.5 Å². The van der Waals surface area contributed by atoms with E-state index in [4.69, 9.17) is 15.0 Å². The SMILES string of the molecule is N#Cc1cc(-n2c3ccccc3c3ccc4c(c5ccccc5n4-c4ccccc4)c32)c(C#N)cc1-c1nc(-c2ccccc2)nc(-c2ccccc2)n1. The van der Waals surface area contributed by atoms with Gasteiger partial charge in [0.2, 0.25) is 0 Å². The predicted molar refractivity (Wildman–Crippen MR) is 214 cm³/mol. The van der Waals surface area contributed by atoms with Crippen LogP contribution in [0.5, 0.6) is 0 Å². The number of fused-ring (bicyclic) bond motifs is 7. The summed E-state index contributed by atoms with van der Waals surface area (Å²) in [4.78, 5) is 14.6. The molecule has 0 aliphatic rings. The zero-order chi connectivity index (χ0) is 36.2. The Morgan fingerprint density at radius 3 is 1.59 bits per heavy atom. The first kappa shape index (κ1) is 30.9. The molecular weight excluding hydrogens is 663 g/mol. The number of para-hydroxylation sites is 3. The van der Waals surface area contributed by atoms with Crippen molar-refractivity contribution in [3.05, 3.63) is 175 Å². The van der Waals surface area contributed by atoms with Crippen LogP contribution in [-0.2, 0) is 0 Å². The highest BCUT2D eigenvalue weighted by molar-refractivity contribution is 6.26. The monoisotopic (exact) mass is 689 g/mol. The first-order chi connectivity index (χ1) is 26.7. The summed E-state index contributed by atoms with van der Waals surface area (Å²) in [7, 11) is 0. The lowest BCUT2D eigenvalue weighted by Gasteiger charge is -2.14. The van der Waals surface area contributed by atoms with Gasteiger partial charge in [0, 0.05) is 43.9 Å². The van der Waals surface area contributed by atoms with E-state index in [2.05, 4.69) is 81.9 Å². The van der Waals surface area contributed by atoms with Gasteiger partial charge in [0.1, 0.15) is 6.07 Å². The van der Waals surface area contributed by atoms with Crippen molar-refractivity contribution < 1.29 is 0 Å². The summed E-state index contributed by atoms with van der Waals surface area (Å²) in [5.74, 6) is 1.27. The molecular formula is C47H27N7. The second-order valence-electron chi connectivity index (χ2n) is 13.1. The van der Waals surface area contributed by atoms with E-state index in [0.717, 1.165) is 60.4 Å². The van der Waals surface area contributed by atoms with Gasteiger partial charge >= 0.3 is 0 Å². The van der Waals surface area contributed by atoms with Gasteiger partial charge in [-0.25, -0.2) is 15.0 Å². The standard InChI is InChI=1S/C47H27N7/c48-28-32-27-42(33(29-49)26-38(32)47-51-45(30-14-4-1-5-15-30)50-46(52-47)31-16-6-2-7-17-31)54-39-22-12-10-20-35(39)36-24-25-41-43(44(36)54)37-21-11-13-23-40(37)53(41)34-18-8-3-9-19-34/h1-27H. The third kappa shape index (κ3) is 4.77. The Bertz CT molecular complexity index is 3110. The highest BCUT2D eigenvalue weighted by Crippen LogP contribution is 2.43. The molecule has 0 spiro atoms. The quantitative estimate of drug-likeness (QED) is 0.179. The average molecular weight is 690 g/mol. The van der Waals surface area contributed by atoms with Crippen molar-refractivity contribution in [3.63, 3.8) is 0 Å². The molecule has 10 aromatic rings. The fraction of sp³-hybridized carbons (Fsp3) is 0. The summed E-state index contributed by atoms with van der Waals surface area (Å²) < 4.78 is 4.44. The molecule has 0 aliphatic carbocycles. The van der Waals surface area contributed by atoms with E-state index in [9.17, 15) is 10.5 Å². The molecule has 0 bridgehead atoms. The van der Waals surface area contributed by atoms with E-state index in [1.165, 1.54) is 0 Å². The smallest absolute Gasteiger partial charge is 0.165 e. The van der Waals surface area contributed by atoms with E-state index < -0.39 is 0 Å². The summed E-state index contributed by atoms with van der Waals surface area (Å²) in [6, 6.07) is 59.2. The van der Waals surface area contributed by atoms with Crippen LogP contribution >= 0.6 is 0 Å². The van der Waals surface area contributed by atoms with Crippen LogP contribution in [0.4, 0.5) is 0 Å². The van der Waals surface area contributed by atoms with Crippen LogP contribution in [-0.4, -0.2) is 24.1 Å². The molecule has 0 amide bonds. The summed E-state index contributed by atoms with van der Waals surface area (Å²) >= 11 is 0. The minimum atomic E-state index is 0.317. The first-order valence-electron chi connectivity index (χ1n) is 17.6. The van der Waals surface area contributed by atoms with Gasteiger partial charge < -0.3 is 9.13 Å². The molecule has 0 unspecified atom stereocenters. The van der Waals surface area contributed by atoms with Crippen LogP contribution in [0, 0.1) is 22.7 Å². The molecule has 0 saturated heterocycles. The molecule has 0 N–H and O–H groups in total. The molecule has 0 fully saturated rings. The van der Waals surface area contributed by atoms with Gasteiger partial charge in [-0.1, -0.05) is 121 Å². The zero-order valence-corrected chi connectivity index (χ0v) is 28.7. The fourth-order valence-electron chi connectivity index (χ4n) is 7.68. The van der Waals surface area contributed by atoms with Gasteiger partial charge in [0.05, 0.1) is 45.0 Å². The van der Waals surface area contributed by atoms with E-state index in [-0.39, 0.29) is 0 Å². The topological polar surface area (TPSA) is 96.1 Å². The van der Waals surface area contributed by atoms with Gasteiger partial charge in [-0.3, -0.25) is 0 Å². The normalized spacial score (nSPS) is 11.3. The van der Waals surface area contributed by atoms with Crippen LogP contribution in [0.15, 0.2) is 164 Å².